The third-order valence-corrected chi connectivity index (χ3v) is 5.51. The second kappa shape index (κ2) is 7.34. The molecule has 0 aliphatic heterocycles. The van der Waals surface area contributed by atoms with E-state index in [9.17, 15) is 26.4 Å². The van der Waals surface area contributed by atoms with E-state index in [1.165, 1.54) is 12.1 Å². The number of carbonyl (C=O) groups is 1. The van der Waals surface area contributed by atoms with Crippen LogP contribution in [0.2, 0.25) is 10.0 Å². The highest BCUT2D eigenvalue weighted by atomic mass is 35.5. The Bertz CT molecular complexity index is 943. The second-order valence-electron chi connectivity index (χ2n) is 5.12. The molecule has 0 heterocycles. The van der Waals surface area contributed by atoms with Crippen LogP contribution >= 0.6 is 23.2 Å². The molecule has 0 unspecified atom stereocenters. The van der Waals surface area contributed by atoms with Crippen LogP contribution in [0.4, 0.5) is 24.5 Å². The summed E-state index contributed by atoms with van der Waals surface area (Å²) in [6.45, 7) is 0. The highest BCUT2D eigenvalue weighted by Gasteiger charge is 2.47. The molecule has 140 valence electrons. The molecule has 2 aromatic rings. The molecule has 11 heteroatoms. The molecule has 0 fully saturated rings. The largest absolute Gasteiger partial charge is 0.501 e. The monoisotopic (exact) mass is 426 g/mol. The highest BCUT2D eigenvalue weighted by molar-refractivity contribution is 7.92. The van der Waals surface area contributed by atoms with Crippen LogP contribution in [0.5, 0.6) is 0 Å². The van der Waals surface area contributed by atoms with Gasteiger partial charge < -0.3 is 11.1 Å². The Morgan fingerprint density at radius 2 is 1.69 bits per heavy atom. The molecule has 0 radical (unpaired) electrons. The first kappa shape index (κ1) is 20.3. The zero-order chi connectivity index (χ0) is 19.7. The van der Waals surface area contributed by atoms with Crippen molar-refractivity contribution < 1.29 is 26.4 Å². The maximum atomic E-state index is 12.7. The number of carbonyl (C=O) groups excluding carboxylic acids is 1. The van der Waals surface area contributed by atoms with E-state index in [0.29, 0.717) is 17.7 Å². The molecule has 0 spiro atoms. The van der Waals surface area contributed by atoms with Crippen molar-refractivity contribution >= 4 is 50.3 Å². The molecular weight excluding hydrogens is 416 g/mol. The Morgan fingerprint density at radius 1 is 1.12 bits per heavy atom. The van der Waals surface area contributed by atoms with Gasteiger partial charge in [0.1, 0.15) is 0 Å². The molecule has 3 N–H and O–H groups in total. The van der Waals surface area contributed by atoms with Crippen LogP contribution in [0.25, 0.3) is 0 Å². The molecule has 26 heavy (non-hydrogen) atoms. The molecule has 0 saturated carbocycles. The summed E-state index contributed by atoms with van der Waals surface area (Å²) in [6.07, 6.45) is -0.284. The van der Waals surface area contributed by atoms with Gasteiger partial charge in [-0.1, -0.05) is 29.3 Å². The van der Waals surface area contributed by atoms with Gasteiger partial charge >= 0.3 is 5.51 Å². The Hall–Kier alpha value is -1.97. The lowest BCUT2D eigenvalue weighted by Crippen LogP contribution is -2.23. The van der Waals surface area contributed by atoms with Gasteiger partial charge in [0.15, 0.2) is 0 Å². The number of sulfone groups is 1. The summed E-state index contributed by atoms with van der Waals surface area (Å²) in [5, 5.41) is 2.73. The maximum absolute atomic E-state index is 12.7. The van der Waals surface area contributed by atoms with Crippen molar-refractivity contribution in [3.8, 4) is 0 Å². The minimum Gasteiger partial charge on any atom is -0.397 e. The SMILES string of the molecule is Nc1ccc(S(=O)(=O)C(F)(F)F)cc1NC(=O)Cc1c(Cl)cccc1Cl. The van der Waals surface area contributed by atoms with Gasteiger partial charge in [0.05, 0.1) is 22.7 Å². The number of hydrogen-bond acceptors (Lipinski definition) is 4. The summed E-state index contributed by atoms with van der Waals surface area (Å²) >= 11 is 11.9. The normalized spacial score (nSPS) is 12.0. The number of halogens is 5. The van der Waals surface area contributed by atoms with Crippen molar-refractivity contribution in [2.75, 3.05) is 11.1 Å². The first-order valence-corrected chi connectivity index (χ1v) is 9.11. The van der Waals surface area contributed by atoms with Gasteiger partial charge in [-0.05, 0) is 35.9 Å². The summed E-state index contributed by atoms with van der Waals surface area (Å²) in [7, 11) is -5.57. The fourth-order valence-electron chi connectivity index (χ4n) is 2.00. The lowest BCUT2D eigenvalue weighted by Gasteiger charge is -2.13. The predicted octanol–water partition coefficient (Wildman–Crippen LogP) is 4.05. The summed E-state index contributed by atoms with van der Waals surface area (Å²) < 4.78 is 60.9. The van der Waals surface area contributed by atoms with Gasteiger partial charge in [-0.15, -0.1) is 0 Å². The van der Waals surface area contributed by atoms with Crippen molar-refractivity contribution in [1.29, 1.82) is 0 Å². The number of nitrogens with one attached hydrogen (secondary N) is 1. The summed E-state index contributed by atoms with van der Waals surface area (Å²) in [4.78, 5) is 11.1. The van der Waals surface area contributed by atoms with Gasteiger partial charge in [-0.2, -0.15) is 13.2 Å². The second-order valence-corrected chi connectivity index (χ2v) is 7.88. The van der Waals surface area contributed by atoms with Crippen LogP contribution in [0.15, 0.2) is 41.3 Å². The average molecular weight is 427 g/mol. The zero-order valence-electron chi connectivity index (χ0n) is 12.8. The van der Waals surface area contributed by atoms with E-state index in [4.69, 9.17) is 28.9 Å². The first-order valence-electron chi connectivity index (χ1n) is 6.87. The van der Waals surface area contributed by atoms with E-state index in [1.807, 2.05) is 0 Å². The molecule has 0 atom stereocenters. The van der Waals surface area contributed by atoms with Gasteiger partial charge in [0.25, 0.3) is 9.84 Å². The standard InChI is InChI=1S/C15H11Cl2F3N2O3S/c16-10-2-1-3-11(17)9(10)7-14(23)22-13-6-8(4-5-12(13)21)26(24,25)15(18,19)20/h1-6H,7,21H2,(H,22,23). The van der Waals surface area contributed by atoms with Crippen molar-refractivity contribution in [3.63, 3.8) is 0 Å². The third kappa shape index (κ3) is 4.22. The number of alkyl halides is 3. The minimum absolute atomic E-state index is 0.107. The fourth-order valence-corrected chi connectivity index (χ4v) is 3.32. The number of benzene rings is 2. The zero-order valence-corrected chi connectivity index (χ0v) is 15.1. The smallest absolute Gasteiger partial charge is 0.397 e. The number of anilines is 2. The lowest BCUT2D eigenvalue weighted by molar-refractivity contribution is -0.115. The molecule has 0 bridgehead atoms. The molecule has 0 aliphatic carbocycles. The van der Waals surface area contributed by atoms with Crippen molar-refractivity contribution in [3.05, 3.63) is 52.0 Å². The van der Waals surface area contributed by atoms with Crippen molar-refractivity contribution in [2.45, 2.75) is 16.8 Å². The summed E-state index contributed by atoms with van der Waals surface area (Å²) in [6, 6.07) is 6.91. The van der Waals surface area contributed by atoms with Gasteiger partial charge in [-0.25, -0.2) is 8.42 Å². The summed E-state index contributed by atoms with van der Waals surface area (Å²) in [5.41, 5.74) is 0.0535. The number of nitrogens with two attached hydrogens (primary N) is 1. The van der Waals surface area contributed by atoms with E-state index in [1.54, 1.807) is 6.07 Å². The molecule has 5 nitrogen and oxygen atoms in total. The van der Waals surface area contributed by atoms with Crippen LogP contribution in [0.3, 0.4) is 0 Å². The molecule has 0 aliphatic rings. The summed E-state index contributed by atoms with van der Waals surface area (Å²) in [5.74, 6) is -0.687. The molecule has 1 amide bonds. The Kier molecular flexibility index (Phi) is 5.74. The highest BCUT2D eigenvalue weighted by Crippen LogP contribution is 2.33. The number of rotatable bonds is 4. The number of hydrogen-bond donors (Lipinski definition) is 2. The quantitative estimate of drug-likeness (QED) is 0.721. The van der Waals surface area contributed by atoms with E-state index < -0.39 is 26.1 Å². The van der Waals surface area contributed by atoms with E-state index in [0.717, 1.165) is 6.07 Å². The molecule has 2 rings (SSSR count). The maximum Gasteiger partial charge on any atom is 0.501 e. The van der Waals surface area contributed by atoms with Crippen molar-refractivity contribution in [2.24, 2.45) is 0 Å². The van der Waals surface area contributed by atoms with Crippen LogP contribution in [-0.4, -0.2) is 19.8 Å². The molecule has 0 aromatic heterocycles. The van der Waals surface area contributed by atoms with Crippen LogP contribution in [0.1, 0.15) is 5.56 Å². The van der Waals surface area contributed by atoms with Crippen molar-refractivity contribution in [1.82, 2.24) is 0 Å². The first-order chi connectivity index (χ1) is 11.9. The van der Waals surface area contributed by atoms with Gasteiger partial charge in [0.2, 0.25) is 5.91 Å². The molecule has 2 aromatic carbocycles. The fraction of sp³-hybridized carbons (Fsp3) is 0.133. The van der Waals surface area contributed by atoms with E-state index in [2.05, 4.69) is 5.32 Å². The number of nitrogen functional groups attached to an aromatic ring is 1. The Labute approximate surface area is 156 Å². The van der Waals surface area contributed by atoms with E-state index in [-0.39, 0.29) is 27.8 Å². The van der Waals surface area contributed by atoms with Gasteiger partial charge in [0, 0.05) is 10.0 Å². The van der Waals surface area contributed by atoms with Crippen LogP contribution in [-0.2, 0) is 21.1 Å². The van der Waals surface area contributed by atoms with Gasteiger partial charge in [-0.3, -0.25) is 4.79 Å². The molecule has 0 saturated heterocycles. The third-order valence-electron chi connectivity index (χ3n) is 3.31. The molecular formula is C15H11Cl2F3N2O3S. The van der Waals surface area contributed by atoms with E-state index >= 15 is 0 Å². The average Bonchev–Trinajstić information content (AvgIpc) is 2.52. The topological polar surface area (TPSA) is 89.3 Å². The van der Waals surface area contributed by atoms with Crippen LogP contribution < -0.4 is 11.1 Å². The lowest BCUT2D eigenvalue weighted by atomic mass is 10.1. The Balaban J connectivity index is 2.30. The number of amides is 1. The Morgan fingerprint density at radius 3 is 2.23 bits per heavy atom. The minimum atomic E-state index is -5.57. The predicted molar refractivity (Wildman–Crippen MR) is 92.9 cm³/mol. The van der Waals surface area contributed by atoms with Crippen LogP contribution in [0, 0.1) is 0 Å².